The summed E-state index contributed by atoms with van der Waals surface area (Å²) in [5, 5.41) is 3.06. The van der Waals surface area contributed by atoms with E-state index >= 15 is 0 Å². The molecule has 1 heterocycles. The van der Waals surface area contributed by atoms with Crippen LogP contribution in [0.3, 0.4) is 0 Å². The molecule has 0 spiro atoms. The van der Waals surface area contributed by atoms with Crippen molar-refractivity contribution in [3.05, 3.63) is 51.8 Å². The van der Waals surface area contributed by atoms with Crippen molar-refractivity contribution in [2.45, 2.75) is 46.0 Å². The van der Waals surface area contributed by atoms with E-state index in [2.05, 4.69) is 10.3 Å². The van der Waals surface area contributed by atoms with Gasteiger partial charge in [0.25, 0.3) is 0 Å². The number of benzene rings is 1. The van der Waals surface area contributed by atoms with Gasteiger partial charge in [-0.05, 0) is 52.3 Å². The first kappa shape index (κ1) is 26.7. The summed E-state index contributed by atoms with van der Waals surface area (Å²) >= 11 is 7.75. The first-order valence-electron chi connectivity index (χ1n) is 10.5. The van der Waals surface area contributed by atoms with E-state index in [-0.39, 0.29) is 17.7 Å². The number of amides is 1. The number of ether oxygens (including phenoxy) is 2. The molecule has 0 radical (unpaired) electrons. The van der Waals surface area contributed by atoms with Gasteiger partial charge in [-0.25, -0.2) is 9.59 Å². The average molecular weight is 493 g/mol. The molecule has 0 saturated carbocycles. The number of pyridine rings is 1. The maximum atomic E-state index is 13.2. The summed E-state index contributed by atoms with van der Waals surface area (Å²) in [4.78, 5) is 41.5. The van der Waals surface area contributed by atoms with Crippen molar-refractivity contribution in [2.75, 3.05) is 18.9 Å². The Labute approximate surface area is 203 Å². The Hall–Kier alpha value is -2.58. The fourth-order valence-corrected chi connectivity index (χ4v) is 4.16. The normalized spacial score (nSPS) is 11.1. The number of esters is 2. The van der Waals surface area contributed by atoms with Crippen LogP contribution in [-0.2, 0) is 20.0 Å². The molecule has 33 heavy (non-hydrogen) atoms. The maximum Gasteiger partial charge on any atom is 0.341 e. The van der Waals surface area contributed by atoms with Crippen LogP contribution in [0.5, 0.6) is 0 Å². The third-order valence-corrected chi connectivity index (χ3v) is 5.57. The number of nitrogens with one attached hydrogen (secondary N) is 1. The minimum absolute atomic E-state index is 0.166. The van der Waals surface area contributed by atoms with Crippen molar-refractivity contribution in [1.82, 2.24) is 10.3 Å². The number of aromatic nitrogens is 1. The van der Waals surface area contributed by atoms with Crippen molar-refractivity contribution >= 4 is 41.7 Å². The van der Waals surface area contributed by atoms with Gasteiger partial charge in [0.2, 0.25) is 6.41 Å². The summed E-state index contributed by atoms with van der Waals surface area (Å²) in [7, 11) is 0. The third kappa shape index (κ3) is 7.47. The second kappa shape index (κ2) is 12.0. The van der Waals surface area contributed by atoms with Crippen LogP contribution in [0.4, 0.5) is 0 Å². The predicted octanol–water partition coefficient (Wildman–Crippen LogP) is 4.82. The molecular weight excluding hydrogens is 464 g/mol. The van der Waals surface area contributed by atoms with E-state index in [1.54, 1.807) is 58.9 Å². The Morgan fingerprint density at radius 1 is 1.21 bits per heavy atom. The van der Waals surface area contributed by atoms with Gasteiger partial charge < -0.3 is 14.8 Å². The lowest BCUT2D eigenvalue weighted by atomic mass is 9.92. The number of aryl methyl sites for hydroxylation is 1. The monoisotopic (exact) mass is 492 g/mol. The Morgan fingerprint density at radius 3 is 2.55 bits per heavy atom. The van der Waals surface area contributed by atoms with Crippen LogP contribution in [0.1, 0.15) is 59.8 Å². The van der Waals surface area contributed by atoms with Gasteiger partial charge in [0.15, 0.2) is 0 Å². The molecular formula is C24H29ClN2O5S. The largest absolute Gasteiger partial charge is 0.462 e. The molecule has 2 aromatic rings. The van der Waals surface area contributed by atoms with Crippen molar-refractivity contribution in [1.29, 1.82) is 0 Å². The molecule has 0 aliphatic carbocycles. The van der Waals surface area contributed by atoms with Crippen molar-refractivity contribution < 1.29 is 23.9 Å². The molecule has 0 aliphatic heterocycles. The molecule has 1 aromatic heterocycles. The van der Waals surface area contributed by atoms with Gasteiger partial charge in [0.05, 0.1) is 29.1 Å². The molecule has 178 valence electrons. The topological polar surface area (TPSA) is 94.6 Å². The van der Waals surface area contributed by atoms with E-state index in [0.717, 1.165) is 0 Å². The van der Waals surface area contributed by atoms with E-state index in [0.29, 0.717) is 52.0 Å². The van der Waals surface area contributed by atoms with Crippen LogP contribution >= 0.6 is 23.4 Å². The highest BCUT2D eigenvalue weighted by Gasteiger charge is 2.31. The van der Waals surface area contributed by atoms with E-state index in [1.807, 2.05) is 0 Å². The fraction of sp³-hybridized carbons (Fsp3) is 0.417. The molecule has 1 aromatic carbocycles. The van der Waals surface area contributed by atoms with Gasteiger partial charge in [-0.3, -0.25) is 9.78 Å². The Balaban J connectivity index is 2.74. The lowest BCUT2D eigenvalue weighted by Crippen LogP contribution is -2.26. The minimum atomic E-state index is -0.737. The summed E-state index contributed by atoms with van der Waals surface area (Å²) in [6.07, 6.45) is 0.639. The van der Waals surface area contributed by atoms with Gasteiger partial charge in [-0.15, -0.1) is 0 Å². The molecule has 7 nitrogen and oxygen atoms in total. The predicted molar refractivity (Wildman–Crippen MR) is 131 cm³/mol. The summed E-state index contributed by atoms with van der Waals surface area (Å²) in [5.41, 5.74) is 1.58. The molecule has 9 heteroatoms. The highest BCUT2D eigenvalue weighted by Crippen LogP contribution is 2.35. The van der Waals surface area contributed by atoms with Crippen LogP contribution in [0, 0.1) is 6.92 Å². The van der Waals surface area contributed by atoms with E-state index < -0.39 is 17.5 Å². The maximum absolute atomic E-state index is 13.2. The van der Waals surface area contributed by atoms with Gasteiger partial charge >= 0.3 is 11.9 Å². The second-order valence-electron chi connectivity index (χ2n) is 8.13. The molecule has 0 saturated heterocycles. The van der Waals surface area contributed by atoms with Crippen LogP contribution in [0.25, 0.3) is 11.1 Å². The second-order valence-corrected chi connectivity index (χ2v) is 9.67. The lowest BCUT2D eigenvalue weighted by Gasteiger charge is -2.23. The zero-order chi connectivity index (χ0) is 24.6. The van der Waals surface area contributed by atoms with Gasteiger partial charge in [-0.2, -0.15) is 11.8 Å². The average Bonchev–Trinajstić information content (AvgIpc) is 2.71. The van der Waals surface area contributed by atoms with E-state index in [4.69, 9.17) is 21.1 Å². The number of hydrogen-bond donors (Lipinski definition) is 1. The Morgan fingerprint density at radius 2 is 1.94 bits per heavy atom. The van der Waals surface area contributed by atoms with Gasteiger partial charge in [0.1, 0.15) is 5.60 Å². The summed E-state index contributed by atoms with van der Waals surface area (Å²) in [6, 6.07) is 6.94. The first-order valence-corrected chi connectivity index (χ1v) is 12.1. The fourth-order valence-electron chi connectivity index (χ4n) is 3.16. The molecule has 0 bridgehead atoms. The van der Waals surface area contributed by atoms with E-state index in [9.17, 15) is 14.4 Å². The molecule has 1 amide bonds. The van der Waals surface area contributed by atoms with Crippen LogP contribution in [0.2, 0.25) is 5.02 Å². The van der Waals surface area contributed by atoms with Crippen LogP contribution in [-0.4, -0.2) is 47.8 Å². The van der Waals surface area contributed by atoms with E-state index in [1.165, 1.54) is 11.8 Å². The number of thioether (sulfide) groups is 1. The molecule has 2 rings (SSSR count). The number of nitrogens with zero attached hydrogens (tertiary/aromatic N) is 1. The minimum Gasteiger partial charge on any atom is -0.462 e. The quantitative estimate of drug-likeness (QED) is 0.288. The Kier molecular flexibility index (Phi) is 9.73. The molecule has 0 aliphatic rings. The highest BCUT2D eigenvalue weighted by atomic mass is 35.5. The first-order chi connectivity index (χ1) is 15.6. The standard InChI is InChI=1S/C24H29ClN2O5S/c1-6-31-22(29)21-18(13-33-11-10-26-14-28)27-15(2)19(23(30)32-24(3,4)5)20(21)16-8-7-9-17(25)12-16/h7-9,12,14H,6,10-11,13H2,1-5H3,(H,26,28). The summed E-state index contributed by atoms with van der Waals surface area (Å²) in [5.74, 6) is -0.145. The number of carbonyl (C=O) groups is 3. The molecule has 0 unspecified atom stereocenters. The summed E-state index contributed by atoms with van der Waals surface area (Å²) in [6.45, 7) is 9.40. The van der Waals surface area contributed by atoms with Crippen molar-refractivity contribution in [2.24, 2.45) is 0 Å². The third-order valence-electron chi connectivity index (χ3n) is 4.36. The zero-order valence-corrected chi connectivity index (χ0v) is 21.1. The molecule has 0 atom stereocenters. The SMILES string of the molecule is CCOC(=O)c1c(CSCCNC=O)nc(C)c(C(=O)OC(C)(C)C)c1-c1cccc(Cl)c1. The van der Waals surface area contributed by atoms with Crippen LogP contribution in [0.15, 0.2) is 24.3 Å². The van der Waals surface area contributed by atoms with Crippen molar-refractivity contribution in [3.8, 4) is 11.1 Å². The Bertz CT molecular complexity index is 1020. The summed E-state index contributed by atoms with van der Waals surface area (Å²) < 4.78 is 11.0. The number of halogens is 1. The zero-order valence-electron chi connectivity index (χ0n) is 19.5. The van der Waals surface area contributed by atoms with Crippen molar-refractivity contribution in [3.63, 3.8) is 0 Å². The number of hydrogen-bond acceptors (Lipinski definition) is 7. The van der Waals surface area contributed by atoms with Gasteiger partial charge in [0, 0.05) is 28.6 Å². The van der Waals surface area contributed by atoms with Gasteiger partial charge in [-0.1, -0.05) is 23.7 Å². The smallest absolute Gasteiger partial charge is 0.341 e. The number of rotatable bonds is 10. The van der Waals surface area contributed by atoms with Crippen LogP contribution < -0.4 is 5.32 Å². The lowest BCUT2D eigenvalue weighted by molar-refractivity contribution is -0.109. The molecule has 1 N–H and O–H groups in total. The number of carbonyl (C=O) groups excluding carboxylic acids is 3. The molecule has 0 fully saturated rings. The highest BCUT2D eigenvalue weighted by molar-refractivity contribution is 7.98.